The molecule has 6 nitrogen and oxygen atoms in total. The molecular formula is C29H33N3O3. The van der Waals surface area contributed by atoms with Crippen molar-refractivity contribution < 1.29 is 14.3 Å². The molecule has 182 valence electrons. The fourth-order valence-electron chi connectivity index (χ4n) is 4.41. The molecule has 1 amide bonds. The van der Waals surface area contributed by atoms with Crippen LogP contribution in [0.5, 0.6) is 11.5 Å². The number of methoxy groups -OCH3 is 1. The molecule has 1 atom stereocenters. The summed E-state index contributed by atoms with van der Waals surface area (Å²) in [6.07, 6.45) is 1.85. The van der Waals surface area contributed by atoms with Gasteiger partial charge in [0.1, 0.15) is 17.3 Å². The third-order valence-electron chi connectivity index (χ3n) is 6.01. The number of carbonyl (C=O) groups excluding carboxylic acids is 1. The first kappa shape index (κ1) is 24.3. The second-order valence-corrected chi connectivity index (χ2v) is 8.88. The van der Waals surface area contributed by atoms with E-state index in [4.69, 9.17) is 14.5 Å². The molecule has 3 aromatic carbocycles. The number of nitrogens with one attached hydrogen (secondary N) is 1. The van der Waals surface area contributed by atoms with Gasteiger partial charge in [0, 0.05) is 6.54 Å². The Balaban J connectivity index is 1.44. The van der Waals surface area contributed by atoms with Crippen LogP contribution in [0.15, 0.2) is 66.7 Å². The number of nitrogens with zero attached hydrogens (tertiary/aromatic N) is 2. The highest BCUT2D eigenvalue weighted by molar-refractivity contribution is 5.97. The van der Waals surface area contributed by atoms with E-state index >= 15 is 0 Å². The zero-order valence-electron chi connectivity index (χ0n) is 20.9. The molecule has 35 heavy (non-hydrogen) atoms. The van der Waals surface area contributed by atoms with Crippen molar-refractivity contribution in [2.45, 2.75) is 46.2 Å². The van der Waals surface area contributed by atoms with E-state index in [1.54, 1.807) is 19.2 Å². The van der Waals surface area contributed by atoms with Crippen LogP contribution < -0.4 is 14.8 Å². The van der Waals surface area contributed by atoms with E-state index in [9.17, 15) is 4.79 Å². The van der Waals surface area contributed by atoms with Crippen molar-refractivity contribution in [3.8, 4) is 11.5 Å². The number of para-hydroxylation sites is 3. The summed E-state index contributed by atoms with van der Waals surface area (Å²) < 4.78 is 13.5. The molecule has 6 heteroatoms. The van der Waals surface area contributed by atoms with Crippen LogP contribution >= 0.6 is 0 Å². The number of hydrogen-bond donors (Lipinski definition) is 1. The van der Waals surface area contributed by atoms with Gasteiger partial charge in [0.05, 0.1) is 36.4 Å². The molecular weight excluding hydrogens is 438 g/mol. The van der Waals surface area contributed by atoms with Crippen LogP contribution in [0.4, 0.5) is 0 Å². The monoisotopic (exact) mass is 471 g/mol. The zero-order chi connectivity index (χ0) is 24.8. The molecule has 1 N–H and O–H groups in total. The Labute approximate surface area is 206 Å². The molecule has 0 aliphatic carbocycles. The topological polar surface area (TPSA) is 65.4 Å². The molecule has 4 aromatic rings. The number of aromatic nitrogens is 2. The molecule has 4 rings (SSSR count). The Hall–Kier alpha value is -3.80. The van der Waals surface area contributed by atoms with Crippen molar-refractivity contribution in [3.05, 3.63) is 89.2 Å². The van der Waals surface area contributed by atoms with Crippen molar-refractivity contribution >= 4 is 16.9 Å². The Morgan fingerprint density at radius 2 is 1.71 bits per heavy atom. The first-order valence-electron chi connectivity index (χ1n) is 12.1. The lowest BCUT2D eigenvalue weighted by molar-refractivity contribution is 0.0934. The Morgan fingerprint density at radius 3 is 2.49 bits per heavy atom. The standard InChI is InChI=1S/C29H33N3O3/c1-20-17-21(2)19-23(18-20)35-16-10-9-15-32-26-13-7-6-12-25(26)31-28(32)22(3)30-29(33)24-11-5-8-14-27(24)34-4/h5-8,11-14,17-19,22H,9-10,15-16H2,1-4H3,(H,30,33). The average molecular weight is 472 g/mol. The van der Waals surface area contributed by atoms with E-state index in [0.717, 1.165) is 42.0 Å². The molecule has 0 saturated carbocycles. The van der Waals surface area contributed by atoms with Crippen LogP contribution in [-0.2, 0) is 6.54 Å². The number of benzene rings is 3. The van der Waals surface area contributed by atoms with Crippen molar-refractivity contribution in [1.29, 1.82) is 0 Å². The largest absolute Gasteiger partial charge is 0.496 e. The van der Waals surface area contributed by atoms with Gasteiger partial charge in [0.25, 0.3) is 5.91 Å². The lowest BCUT2D eigenvalue weighted by Crippen LogP contribution is -2.29. The third kappa shape index (κ3) is 5.83. The van der Waals surface area contributed by atoms with Gasteiger partial charge in [0.15, 0.2) is 0 Å². The SMILES string of the molecule is COc1ccccc1C(=O)NC(C)c1nc2ccccc2n1CCCCOc1cc(C)cc(C)c1. The van der Waals surface area contributed by atoms with Gasteiger partial charge in [-0.1, -0.05) is 30.3 Å². The average Bonchev–Trinajstić information content (AvgIpc) is 3.22. The second-order valence-electron chi connectivity index (χ2n) is 8.88. The van der Waals surface area contributed by atoms with Crippen LogP contribution in [0.25, 0.3) is 11.0 Å². The summed E-state index contributed by atoms with van der Waals surface area (Å²) in [6, 6.07) is 21.3. The summed E-state index contributed by atoms with van der Waals surface area (Å²) in [6.45, 7) is 7.58. The number of aryl methyl sites for hydroxylation is 3. The van der Waals surface area contributed by atoms with Gasteiger partial charge in [-0.25, -0.2) is 4.98 Å². The minimum atomic E-state index is -0.272. The highest BCUT2D eigenvalue weighted by Crippen LogP contribution is 2.24. The molecule has 1 aromatic heterocycles. The van der Waals surface area contributed by atoms with Gasteiger partial charge in [-0.05, 0) is 81.1 Å². The maximum atomic E-state index is 13.0. The fourth-order valence-corrected chi connectivity index (χ4v) is 4.41. The minimum Gasteiger partial charge on any atom is -0.496 e. The molecule has 0 fully saturated rings. The van der Waals surface area contributed by atoms with Gasteiger partial charge in [0.2, 0.25) is 0 Å². The van der Waals surface area contributed by atoms with Gasteiger partial charge in [-0.15, -0.1) is 0 Å². The maximum absolute atomic E-state index is 13.0. The van der Waals surface area contributed by atoms with E-state index < -0.39 is 0 Å². The quantitative estimate of drug-likeness (QED) is 0.288. The van der Waals surface area contributed by atoms with E-state index in [2.05, 4.69) is 48.0 Å². The maximum Gasteiger partial charge on any atom is 0.255 e. The van der Waals surface area contributed by atoms with Crippen LogP contribution in [-0.4, -0.2) is 29.2 Å². The summed E-state index contributed by atoms with van der Waals surface area (Å²) in [5, 5.41) is 3.10. The predicted octanol–water partition coefficient (Wildman–Crippen LogP) is 6.01. The lowest BCUT2D eigenvalue weighted by Gasteiger charge is -2.17. The zero-order valence-corrected chi connectivity index (χ0v) is 20.9. The van der Waals surface area contributed by atoms with Gasteiger partial charge >= 0.3 is 0 Å². The van der Waals surface area contributed by atoms with E-state index in [-0.39, 0.29) is 11.9 Å². The third-order valence-corrected chi connectivity index (χ3v) is 6.01. The molecule has 0 aliphatic heterocycles. The van der Waals surface area contributed by atoms with Gasteiger partial charge < -0.3 is 19.4 Å². The molecule has 0 aliphatic rings. The molecule has 1 unspecified atom stereocenters. The Kier molecular flexibility index (Phi) is 7.70. The van der Waals surface area contributed by atoms with Crippen molar-refractivity contribution in [3.63, 3.8) is 0 Å². The number of hydrogen-bond acceptors (Lipinski definition) is 4. The number of fused-ring (bicyclic) bond motifs is 1. The summed E-state index contributed by atoms with van der Waals surface area (Å²) >= 11 is 0. The predicted molar refractivity (Wildman–Crippen MR) is 139 cm³/mol. The number of ether oxygens (including phenoxy) is 2. The fraction of sp³-hybridized carbons (Fsp3) is 0.310. The molecule has 0 saturated heterocycles. The Bertz CT molecular complexity index is 1290. The highest BCUT2D eigenvalue weighted by atomic mass is 16.5. The molecule has 0 bridgehead atoms. The van der Waals surface area contributed by atoms with Crippen molar-refractivity contribution in [1.82, 2.24) is 14.9 Å². The van der Waals surface area contributed by atoms with Gasteiger partial charge in [-0.2, -0.15) is 0 Å². The van der Waals surface area contributed by atoms with Crippen molar-refractivity contribution in [2.24, 2.45) is 0 Å². The minimum absolute atomic E-state index is 0.185. The van der Waals surface area contributed by atoms with Crippen LogP contribution in [0.3, 0.4) is 0 Å². The first-order valence-corrected chi connectivity index (χ1v) is 12.1. The molecule has 0 spiro atoms. The highest BCUT2D eigenvalue weighted by Gasteiger charge is 2.20. The van der Waals surface area contributed by atoms with E-state index in [1.807, 2.05) is 37.3 Å². The van der Waals surface area contributed by atoms with E-state index in [1.165, 1.54) is 11.1 Å². The molecule has 0 radical (unpaired) electrons. The molecule has 1 heterocycles. The summed E-state index contributed by atoms with van der Waals surface area (Å²) in [5.74, 6) is 2.12. The summed E-state index contributed by atoms with van der Waals surface area (Å²) in [7, 11) is 1.57. The number of rotatable bonds is 10. The summed E-state index contributed by atoms with van der Waals surface area (Å²) in [4.78, 5) is 17.8. The van der Waals surface area contributed by atoms with Crippen LogP contribution in [0, 0.1) is 13.8 Å². The van der Waals surface area contributed by atoms with Gasteiger partial charge in [-0.3, -0.25) is 4.79 Å². The number of carbonyl (C=O) groups is 1. The normalized spacial score (nSPS) is 11.9. The summed E-state index contributed by atoms with van der Waals surface area (Å²) in [5.41, 5.74) is 4.91. The van der Waals surface area contributed by atoms with E-state index in [0.29, 0.717) is 17.9 Å². The number of unbranched alkanes of at least 4 members (excludes halogenated alkanes) is 1. The van der Waals surface area contributed by atoms with Crippen molar-refractivity contribution in [2.75, 3.05) is 13.7 Å². The van der Waals surface area contributed by atoms with Crippen LogP contribution in [0.2, 0.25) is 0 Å². The Morgan fingerprint density at radius 1 is 1.00 bits per heavy atom. The lowest BCUT2D eigenvalue weighted by atomic mass is 10.1. The number of imidazole rings is 1. The number of amides is 1. The second kappa shape index (κ2) is 11.1. The first-order chi connectivity index (χ1) is 17.0. The smallest absolute Gasteiger partial charge is 0.255 e. The van der Waals surface area contributed by atoms with Crippen LogP contribution in [0.1, 0.15) is 53.1 Å².